The van der Waals surface area contributed by atoms with Gasteiger partial charge in [-0.3, -0.25) is 4.79 Å². The first-order valence-electron chi connectivity index (χ1n) is 5.38. The molecule has 0 heterocycles. The minimum atomic E-state index is -0.290. The van der Waals surface area contributed by atoms with E-state index >= 15 is 0 Å². The van der Waals surface area contributed by atoms with Crippen LogP contribution in [0.2, 0.25) is 0 Å². The number of carbonyl (C=O) groups excluding carboxylic acids is 1. The van der Waals surface area contributed by atoms with Crippen molar-refractivity contribution in [2.24, 2.45) is 5.73 Å². The topological polar surface area (TPSA) is 52.3 Å². The minimum absolute atomic E-state index is 0.126. The summed E-state index contributed by atoms with van der Waals surface area (Å²) in [6, 6.07) is 7.15. The second-order valence-electron chi connectivity index (χ2n) is 4.64. The third kappa shape index (κ3) is 4.03. The molecule has 0 unspecified atom stereocenters. The molecule has 1 aromatic carbocycles. The molecule has 0 amide bonds. The van der Waals surface area contributed by atoms with E-state index in [1.54, 1.807) is 31.4 Å². The maximum absolute atomic E-state index is 11.8. The Morgan fingerprint density at radius 1 is 1.31 bits per heavy atom. The lowest BCUT2D eigenvalue weighted by atomic mass is 9.96. The number of Topliss-reactive ketones (excluding diaryl/α,β-unsaturated/α-hetero) is 1. The van der Waals surface area contributed by atoms with Gasteiger partial charge < -0.3 is 10.5 Å². The van der Waals surface area contributed by atoms with Crippen molar-refractivity contribution < 1.29 is 9.53 Å². The normalized spacial score (nSPS) is 11.2. The molecule has 0 saturated carbocycles. The first-order valence-corrected chi connectivity index (χ1v) is 5.38. The highest BCUT2D eigenvalue weighted by molar-refractivity contribution is 5.96. The fourth-order valence-corrected chi connectivity index (χ4v) is 1.36. The van der Waals surface area contributed by atoms with Crippen molar-refractivity contribution in [1.29, 1.82) is 0 Å². The summed E-state index contributed by atoms with van der Waals surface area (Å²) < 4.78 is 5.03. The van der Waals surface area contributed by atoms with Crippen LogP contribution >= 0.6 is 0 Å². The zero-order chi connectivity index (χ0) is 12.2. The lowest BCUT2D eigenvalue weighted by molar-refractivity contribution is 0.0972. The van der Waals surface area contributed by atoms with Crippen LogP contribution in [-0.2, 0) is 0 Å². The summed E-state index contributed by atoms with van der Waals surface area (Å²) in [5.74, 6) is 0.886. The lowest BCUT2D eigenvalue weighted by Gasteiger charge is -2.17. The smallest absolute Gasteiger partial charge is 0.162 e. The Hall–Kier alpha value is -1.35. The van der Waals surface area contributed by atoms with Gasteiger partial charge in [-0.1, -0.05) is 0 Å². The van der Waals surface area contributed by atoms with Gasteiger partial charge in [0.05, 0.1) is 7.11 Å². The summed E-state index contributed by atoms with van der Waals surface area (Å²) >= 11 is 0. The average Bonchev–Trinajstić information content (AvgIpc) is 2.25. The first kappa shape index (κ1) is 12.7. The van der Waals surface area contributed by atoms with E-state index < -0.39 is 0 Å². The number of ether oxygens (including phenoxy) is 1. The predicted octanol–water partition coefficient (Wildman–Crippen LogP) is 2.40. The maximum Gasteiger partial charge on any atom is 0.162 e. The predicted molar refractivity (Wildman–Crippen MR) is 64.8 cm³/mol. The molecule has 0 radical (unpaired) electrons. The molecule has 2 N–H and O–H groups in total. The summed E-state index contributed by atoms with van der Waals surface area (Å²) in [5.41, 5.74) is 6.26. The monoisotopic (exact) mass is 221 g/mol. The van der Waals surface area contributed by atoms with Gasteiger partial charge in [0.2, 0.25) is 0 Å². The van der Waals surface area contributed by atoms with E-state index in [1.165, 1.54) is 0 Å². The molecule has 0 spiro atoms. The molecule has 3 nitrogen and oxygen atoms in total. The van der Waals surface area contributed by atoms with Crippen LogP contribution in [0.25, 0.3) is 0 Å². The Balaban J connectivity index is 2.59. The molecular formula is C13H19NO2. The number of hydrogen-bond acceptors (Lipinski definition) is 3. The highest BCUT2D eigenvalue weighted by atomic mass is 16.5. The summed E-state index contributed by atoms with van der Waals surface area (Å²) in [7, 11) is 1.60. The number of benzene rings is 1. The first-order chi connectivity index (χ1) is 7.42. The van der Waals surface area contributed by atoms with Crippen molar-refractivity contribution >= 4 is 5.78 Å². The second kappa shape index (κ2) is 5.12. The summed E-state index contributed by atoms with van der Waals surface area (Å²) in [6.07, 6.45) is 1.17. The average molecular weight is 221 g/mol. The van der Waals surface area contributed by atoms with Crippen molar-refractivity contribution in [2.45, 2.75) is 32.2 Å². The molecule has 0 aliphatic carbocycles. The van der Waals surface area contributed by atoms with Crippen LogP contribution in [-0.4, -0.2) is 18.4 Å². The SMILES string of the molecule is COc1ccc(C(=O)CCC(C)(C)N)cc1. The quantitative estimate of drug-likeness (QED) is 0.777. The molecule has 0 bridgehead atoms. The second-order valence-corrected chi connectivity index (χ2v) is 4.64. The zero-order valence-corrected chi connectivity index (χ0v) is 10.1. The van der Waals surface area contributed by atoms with Crippen molar-refractivity contribution in [1.82, 2.24) is 0 Å². The van der Waals surface area contributed by atoms with E-state index in [0.29, 0.717) is 18.4 Å². The summed E-state index contributed by atoms with van der Waals surface area (Å²) in [6.45, 7) is 3.85. The van der Waals surface area contributed by atoms with E-state index in [2.05, 4.69) is 0 Å². The van der Waals surface area contributed by atoms with Crippen molar-refractivity contribution in [3.8, 4) is 5.75 Å². The van der Waals surface area contributed by atoms with Crippen LogP contribution in [0.5, 0.6) is 5.75 Å². The van der Waals surface area contributed by atoms with Gasteiger partial charge in [-0.05, 0) is 44.5 Å². The summed E-state index contributed by atoms with van der Waals surface area (Å²) in [4.78, 5) is 11.8. The standard InChI is InChI=1S/C13H19NO2/c1-13(2,14)9-8-12(15)10-4-6-11(16-3)7-5-10/h4-7H,8-9,14H2,1-3H3. The Morgan fingerprint density at radius 3 is 2.31 bits per heavy atom. The highest BCUT2D eigenvalue weighted by Crippen LogP contribution is 2.15. The van der Waals surface area contributed by atoms with E-state index in [-0.39, 0.29) is 11.3 Å². The Labute approximate surface area is 96.6 Å². The van der Waals surface area contributed by atoms with E-state index in [0.717, 1.165) is 5.75 Å². The van der Waals surface area contributed by atoms with E-state index in [1.807, 2.05) is 13.8 Å². The molecule has 0 saturated heterocycles. The van der Waals surface area contributed by atoms with Gasteiger partial charge in [-0.2, -0.15) is 0 Å². The van der Waals surface area contributed by atoms with E-state index in [9.17, 15) is 4.79 Å². The largest absolute Gasteiger partial charge is 0.497 e. The van der Waals surface area contributed by atoms with Crippen molar-refractivity contribution in [2.75, 3.05) is 7.11 Å². The molecule has 0 atom stereocenters. The van der Waals surface area contributed by atoms with Gasteiger partial charge in [0.15, 0.2) is 5.78 Å². The molecule has 16 heavy (non-hydrogen) atoms. The highest BCUT2D eigenvalue weighted by Gasteiger charge is 2.14. The van der Waals surface area contributed by atoms with Gasteiger partial charge in [0.25, 0.3) is 0 Å². The van der Waals surface area contributed by atoms with Crippen LogP contribution < -0.4 is 10.5 Å². The van der Waals surface area contributed by atoms with Gasteiger partial charge >= 0.3 is 0 Å². The Morgan fingerprint density at radius 2 is 1.88 bits per heavy atom. The molecule has 1 rings (SSSR count). The van der Waals surface area contributed by atoms with Crippen LogP contribution in [0.1, 0.15) is 37.0 Å². The van der Waals surface area contributed by atoms with Gasteiger partial charge in [-0.15, -0.1) is 0 Å². The number of methoxy groups -OCH3 is 1. The molecule has 3 heteroatoms. The van der Waals surface area contributed by atoms with Gasteiger partial charge in [0.1, 0.15) is 5.75 Å². The molecule has 0 fully saturated rings. The molecule has 1 aromatic rings. The number of hydrogen-bond donors (Lipinski definition) is 1. The molecule has 0 aliphatic rings. The fraction of sp³-hybridized carbons (Fsp3) is 0.462. The van der Waals surface area contributed by atoms with Crippen LogP contribution in [0.4, 0.5) is 0 Å². The van der Waals surface area contributed by atoms with Crippen LogP contribution in [0.3, 0.4) is 0 Å². The van der Waals surface area contributed by atoms with Gasteiger partial charge in [-0.25, -0.2) is 0 Å². The molecule has 0 aromatic heterocycles. The van der Waals surface area contributed by atoms with Crippen molar-refractivity contribution in [3.63, 3.8) is 0 Å². The zero-order valence-electron chi connectivity index (χ0n) is 10.1. The molecular weight excluding hydrogens is 202 g/mol. The fourth-order valence-electron chi connectivity index (χ4n) is 1.36. The number of carbonyl (C=O) groups is 1. The minimum Gasteiger partial charge on any atom is -0.497 e. The maximum atomic E-state index is 11.8. The third-order valence-corrected chi connectivity index (χ3v) is 2.41. The Kier molecular flexibility index (Phi) is 4.07. The van der Waals surface area contributed by atoms with Crippen molar-refractivity contribution in [3.05, 3.63) is 29.8 Å². The molecule has 0 aliphatic heterocycles. The van der Waals surface area contributed by atoms with Crippen LogP contribution in [0.15, 0.2) is 24.3 Å². The third-order valence-electron chi connectivity index (χ3n) is 2.41. The van der Waals surface area contributed by atoms with E-state index in [4.69, 9.17) is 10.5 Å². The Bertz CT molecular complexity index is 349. The summed E-state index contributed by atoms with van der Waals surface area (Å²) in [5, 5.41) is 0. The van der Waals surface area contributed by atoms with Crippen LogP contribution in [0, 0.1) is 0 Å². The number of ketones is 1. The number of nitrogens with two attached hydrogens (primary N) is 1. The molecule has 88 valence electrons. The van der Waals surface area contributed by atoms with Gasteiger partial charge in [0, 0.05) is 17.5 Å². The number of rotatable bonds is 5. The lowest BCUT2D eigenvalue weighted by Crippen LogP contribution is -2.32.